The van der Waals surface area contributed by atoms with Gasteiger partial charge < -0.3 is 15.5 Å². The Hall–Kier alpha value is -1.36. The van der Waals surface area contributed by atoms with Crippen LogP contribution in [0.15, 0.2) is 0 Å². The highest BCUT2D eigenvalue weighted by Gasteiger charge is 2.21. The van der Waals surface area contributed by atoms with Gasteiger partial charge in [0.1, 0.15) is 17.5 Å². The van der Waals surface area contributed by atoms with Gasteiger partial charge in [0, 0.05) is 24.1 Å². The second-order valence-corrected chi connectivity index (χ2v) is 7.01. The summed E-state index contributed by atoms with van der Waals surface area (Å²) in [6, 6.07) is 0.374. The zero-order chi connectivity index (χ0) is 16.2. The Kier molecular flexibility index (Phi) is 5.96. The van der Waals surface area contributed by atoms with E-state index < -0.39 is 0 Å². The number of hydrogen-bond acceptors (Lipinski definition) is 5. The first-order valence-corrected chi connectivity index (χ1v) is 7.63. The molecule has 5 nitrogen and oxygen atoms in total. The monoisotopic (exact) mass is 293 g/mol. The maximum absolute atomic E-state index is 4.74. The molecule has 1 heterocycles. The van der Waals surface area contributed by atoms with E-state index in [0.29, 0.717) is 6.04 Å². The lowest BCUT2D eigenvalue weighted by atomic mass is 9.95. The summed E-state index contributed by atoms with van der Waals surface area (Å²) < 4.78 is 0. The highest BCUT2D eigenvalue weighted by atomic mass is 15.1. The number of anilines is 2. The number of aromatic nitrogens is 2. The first-order chi connectivity index (χ1) is 9.65. The summed E-state index contributed by atoms with van der Waals surface area (Å²) in [5.41, 5.74) is 1.00. The molecule has 1 aromatic heterocycles. The molecular formula is C16H31N5. The van der Waals surface area contributed by atoms with Crippen LogP contribution in [0.3, 0.4) is 0 Å². The summed E-state index contributed by atoms with van der Waals surface area (Å²) in [4.78, 5) is 11.6. The predicted molar refractivity (Wildman–Crippen MR) is 91.3 cm³/mol. The minimum atomic E-state index is -0.0669. The summed E-state index contributed by atoms with van der Waals surface area (Å²) in [6.07, 6.45) is 1.08. The van der Waals surface area contributed by atoms with Gasteiger partial charge in [-0.05, 0) is 40.9 Å². The highest BCUT2D eigenvalue weighted by molar-refractivity contribution is 5.57. The van der Waals surface area contributed by atoms with Gasteiger partial charge in [0.25, 0.3) is 0 Å². The minimum absolute atomic E-state index is 0.0669. The summed E-state index contributed by atoms with van der Waals surface area (Å²) in [7, 11) is 6.10. The van der Waals surface area contributed by atoms with Gasteiger partial charge in [0.05, 0.1) is 0 Å². The molecule has 0 saturated carbocycles. The average Bonchev–Trinajstić information content (AvgIpc) is 2.37. The van der Waals surface area contributed by atoms with Crippen molar-refractivity contribution in [3.05, 3.63) is 11.4 Å². The molecule has 0 amide bonds. The zero-order valence-corrected chi connectivity index (χ0v) is 14.8. The fraction of sp³-hybridized carbons (Fsp3) is 0.750. The van der Waals surface area contributed by atoms with E-state index in [4.69, 9.17) is 4.98 Å². The van der Waals surface area contributed by atoms with Crippen LogP contribution >= 0.6 is 0 Å². The fourth-order valence-electron chi connectivity index (χ4n) is 1.99. The molecule has 120 valence electrons. The van der Waals surface area contributed by atoms with Crippen molar-refractivity contribution < 1.29 is 0 Å². The topological polar surface area (TPSA) is 53.1 Å². The molecule has 1 aromatic rings. The van der Waals surface area contributed by atoms with Crippen LogP contribution < -0.4 is 10.6 Å². The van der Waals surface area contributed by atoms with Crippen molar-refractivity contribution in [2.24, 2.45) is 0 Å². The standard InChI is InChI=1S/C16H31N5/c1-11(9-10-21(7)8)18-14-12(2)13(17-6)19-15(20-14)16(3,4)5/h11H,9-10H2,1-8H3,(H2,17,18,19,20). The molecule has 2 N–H and O–H groups in total. The zero-order valence-electron chi connectivity index (χ0n) is 14.8. The van der Waals surface area contributed by atoms with Crippen LogP contribution in [-0.4, -0.2) is 48.6 Å². The maximum Gasteiger partial charge on any atom is 0.138 e. The molecule has 0 aliphatic carbocycles. The second-order valence-electron chi connectivity index (χ2n) is 7.01. The lowest BCUT2D eigenvalue weighted by molar-refractivity contribution is 0.390. The molecule has 0 spiro atoms. The quantitative estimate of drug-likeness (QED) is 0.844. The molecule has 0 aliphatic rings. The van der Waals surface area contributed by atoms with Gasteiger partial charge in [-0.2, -0.15) is 0 Å². The maximum atomic E-state index is 4.74. The number of nitrogens with one attached hydrogen (secondary N) is 2. The van der Waals surface area contributed by atoms with Gasteiger partial charge in [0.15, 0.2) is 0 Å². The van der Waals surface area contributed by atoms with Gasteiger partial charge in [-0.25, -0.2) is 9.97 Å². The van der Waals surface area contributed by atoms with E-state index in [-0.39, 0.29) is 5.41 Å². The molecule has 1 unspecified atom stereocenters. The summed E-state index contributed by atoms with van der Waals surface area (Å²) in [5.74, 6) is 2.70. The Bertz CT molecular complexity index is 462. The van der Waals surface area contributed by atoms with Crippen LogP contribution in [0.2, 0.25) is 0 Å². The summed E-state index contributed by atoms with van der Waals surface area (Å²) >= 11 is 0. The molecule has 1 rings (SSSR count). The van der Waals surface area contributed by atoms with Crippen LogP contribution in [0.1, 0.15) is 45.5 Å². The van der Waals surface area contributed by atoms with Crippen molar-refractivity contribution in [3.8, 4) is 0 Å². The first-order valence-electron chi connectivity index (χ1n) is 7.63. The number of rotatable bonds is 6. The molecule has 0 radical (unpaired) electrons. The molecule has 0 aliphatic heterocycles. The van der Waals surface area contributed by atoms with Gasteiger partial charge in [-0.15, -0.1) is 0 Å². The van der Waals surface area contributed by atoms with Gasteiger partial charge >= 0.3 is 0 Å². The molecule has 1 atom stereocenters. The SMILES string of the molecule is CNc1nc(C(C)(C)C)nc(NC(C)CCN(C)C)c1C. The first kappa shape index (κ1) is 17.7. The molecule has 0 saturated heterocycles. The smallest absolute Gasteiger partial charge is 0.138 e. The molecule has 0 aromatic carbocycles. The minimum Gasteiger partial charge on any atom is -0.373 e. The Balaban J connectivity index is 3.00. The predicted octanol–water partition coefficient (Wildman–Crippen LogP) is 2.88. The molecule has 0 bridgehead atoms. The Morgan fingerprint density at radius 2 is 1.71 bits per heavy atom. The third-order valence-electron chi connectivity index (χ3n) is 3.45. The number of nitrogens with zero attached hydrogens (tertiary/aromatic N) is 3. The Labute approximate surface area is 129 Å². The summed E-state index contributed by atoms with van der Waals surface area (Å²) in [6.45, 7) is 11.7. The van der Waals surface area contributed by atoms with E-state index in [1.807, 2.05) is 7.05 Å². The van der Waals surface area contributed by atoms with E-state index >= 15 is 0 Å². The van der Waals surface area contributed by atoms with Crippen LogP contribution in [0.4, 0.5) is 11.6 Å². The Morgan fingerprint density at radius 1 is 1.14 bits per heavy atom. The van der Waals surface area contributed by atoms with E-state index in [0.717, 1.165) is 36.0 Å². The van der Waals surface area contributed by atoms with Crippen LogP contribution in [-0.2, 0) is 5.41 Å². The average molecular weight is 293 g/mol. The Morgan fingerprint density at radius 3 is 2.19 bits per heavy atom. The molecule has 0 fully saturated rings. The van der Waals surface area contributed by atoms with Gasteiger partial charge in [-0.1, -0.05) is 20.8 Å². The highest BCUT2D eigenvalue weighted by Crippen LogP contribution is 2.26. The van der Waals surface area contributed by atoms with Gasteiger partial charge in [0.2, 0.25) is 0 Å². The molecule has 5 heteroatoms. The van der Waals surface area contributed by atoms with E-state index in [2.05, 4.69) is 69.2 Å². The lowest BCUT2D eigenvalue weighted by Gasteiger charge is -2.23. The van der Waals surface area contributed by atoms with Crippen molar-refractivity contribution in [1.29, 1.82) is 0 Å². The fourth-order valence-corrected chi connectivity index (χ4v) is 1.99. The summed E-state index contributed by atoms with van der Waals surface area (Å²) in [5, 5.41) is 6.71. The second kappa shape index (κ2) is 7.07. The number of hydrogen-bond donors (Lipinski definition) is 2. The third-order valence-corrected chi connectivity index (χ3v) is 3.45. The van der Waals surface area contributed by atoms with Crippen molar-refractivity contribution in [2.45, 2.75) is 52.5 Å². The largest absolute Gasteiger partial charge is 0.373 e. The van der Waals surface area contributed by atoms with Crippen molar-refractivity contribution in [1.82, 2.24) is 14.9 Å². The van der Waals surface area contributed by atoms with E-state index in [1.54, 1.807) is 0 Å². The van der Waals surface area contributed by atoms with E-state index in [9.17, 15) is 0 Å². The normalized spacial score (nSPS) is 13.4. The van der Waals surface area contributed by atoms with Crippen molar-refractivity contribution >= 4 is 11.6 Å². The van der Waals surface area contributed by atoms with Gasteiger partial charge in [-0.3, -0.25) is 0 Å². The third kappa shape index (κ3) is 5.16. The van der Waals surface area contributed by atoms with Crippen LogP contribution in [0, 0.1) is 6.92 Å². The lowest BCUT2D eigenvalue weighted by Crippen LogP contribution is -2.25. The molecular weight excluding hydrogens is 262 g/mol. The van der Waals surface area contributed by atoms with Crippen LogP contribution in [0.5, 0.6) is 0 Å². The van der Waals surface area contributed by atoms with Crippen molar-refractivity contribution in [2.75, 3.05) is 38.3 Å². The van der Waals surface area contributed by atoms with Crippen LogP contribution in [0.25, 0.3) is 0 Å². The van der Waals surface area contributed by atoms with E-state index in [1.165, 1.54) is 0 Å². The molecule has 21 heavy (non-hydrogen) atoms. The van der Waals surface area contributed by atoms with Crippen molar-refractivity contribution in [3.63, 3.8) is 0 Å².